The second kappa shape index (κ2) is 7.88. The Morgan fingerprint density at radius 3 is 2.53 bits per heavy atom. The molecule has 5 rings (SSSR count). The fourth-order valence-electron chi connectivity index (χ4n) is 3.83. The highest BCUT2D eigenvalue weighted by atomic mass is 32.1. The van der Waals surface area contributed by atoms with E-state index in [2.05, 4.69) is 4.98 Å². The van der Waals surface area contributed by atoms with E-state index >= 15 is 0 Å². The maximum absolute atomic E-state index is 12.6. The van der Waals surface area contributed by atoms with E-state index in [9.17, 15) is 9.59 Å². The van der Waals surface area contributed by atoms with Crippen LogP contribution in [-0.2, 0) is 19.4 Å². The van der Waals surface area contributed by atoms with Crippen LogP contribution in [0.1, 0.15) is 45.0 Å². The predicted molar refractivity (Wildman–Crippen MR) is 117 cm³/mol. The Morgan fingerprint density at radius 1 is 1.00 bits per heavy atom. The zero-order chi connectivity index (χ0) is 20.5. The molecule has 0 radical (unpaired) electrons. The van der Waals surface area contributed by atoms with Crippen molar-refractivity contribution in [1.29, 1.82) is 0 Å². The summed E-state index contributed by atoms with van der Waals surface area (Å²) in [6.07, 6.45) is 4.27. The predicted octanol–water partition coefficient (Wildman–Crippen LogP) is 4.44. The minimum atomic E-state index is -0.0400. The molecule has 0 spiro atoms. The van der Waals surface area contributed by atoms with Crippen LogP contribution < -0.4 is 10.3 Å². The molecule has 150 valence electrons. The van der Waals surface area contributed by atoms with Gasteiger partial charge in [-0.3, -0.25) is 14.0 Å². The first-order valence-corrected chi connectivity index (χ1v) is 10.9. The number of carbonyl (C=O) groups is 1. The van der Waals surface area contributed by atoms with Crippen LogP contribution in [-0.4, -0.2) is 15.2 Å². The van der Waals surface area contributed by atoms with Gasteiger partial charge in [0.1, 0.15) is 12.4 Å². The van der Waals surface area contributed by atoms with E-state index in [1.54, 1.807) is 58.2 Å². The third kappa shape index (κ3) is 3.55. The lowest BCUT2D eigenvalue weighted by Gasteiger charge is -2.10. The van der Waals surface area contributed by atoms with Gasteiger partial charge in [-0.05, 0) is 49.9 Å². The van der Waals surface area contributed by atoms with Crippen molar-refractivity contribution < 1.29 is 9.53 Å². The van der Waals surface area contributed by atoms with Crippen LogP contribution in [0.2, 0.25) is 0 Å². The first-order valence-electron chi connectivity index (χ1n) is 10.0. The number of ether oxygens (including phenoxy) is 1. The summed E-state index contributed by atoms with van der Waals surface area (Å²) in [6.45, 7) is 0.209. The maximum Gasteiger partial charge on any atom is 0.259 e. The molecule has 0 saturated carbocycles. The molecular formula is C24H20N2O3S. The van der Waals surface area contributed by atoms with Crippen molar-refractivity contribution in [2.24, 2.45) is 0 Å². The van der Waals surface area contributed by atoms with Crippen LogP contribution in [0.3, 0.4) is 0 Å². The van der Waals surface area contributed by atoms with E-state index < -0.39 is 0 Å². The molecule has 2 aromatic carbocycles. The Bertz CT molecular complexity index is 1270. The normalized spacial score (nSPS) is 13.2. The summed E-state index contributed by atoms with van der Waals surface area (Å²) in [7, 11) is 0. The Kier molecular flexibility index (Phi) is 4.93. The van der Waals surface area contributed by atoms with Crippen molar-refractivity contribution in [2.75, 3.05) is 0 Å². The van der Waals surface area contributed by atoms with Gasteiger partial charge in [-0.15, -0.1) is 11.3 Å². The summed E-state index contributed by atoms with van der Waals surface area (Å²) in [4.78, 5) is 31.8. The zero-order valence-corrected chi connectivity index (χ0v) is 17.2. The molecule has 6 heteroatoms. The molecule has 30 heavy (non-hydrogen) atoms. The van der Waals surface area contributed by atoms with Crippen molar-refractivity contribution >= 4 is 22.1 Å². The fourth-order valence-corrected chi connectivity index (χ4v) is 5.06. The molecule has 2 aromatic heterocycles. The molecule has 1 aliphatic carbocycles. The van der Waals surface area contributed by atoms with E-state index in [-0.39, 0.29) is 17.9 Å². The summed E-state index contributed by atoms with van der Waals surface area (Å²) >= 11 is 1.61. The van der Waals surface area contributed by atoms with Crippen molar-refractivity contribution in [3.05, 3.63) is 98.4 Å². The molecule has 0 saturated heterocycles. The minimum Gasteiger partial charge on any atom is -0.487 e. The summed E-state index contributed by atoms with van der Waals surface area (Å²) in [5.74, 6) is 0.607. The Balaban J connectivity index is 1.32. The summed E-state index contributed by atoms with van der Waals surface area (Å²) < 4.78 is 7.58. The van der Waals surface area contributed by atoms with Gasteiger partial charge in [-0.1, -0.05) is 30.3 Å². The molecule has 5 nitrogen and oxygen atoms in total. The first-order chi connectivity index (χ1) is 14.7. The van der Waals surface area contributed by atoms with Gasteiger partial charge in [-0.25, -0.2) is 4.98 Å². The van der Waals surface area contributed by atoms with E-state index in [0.717, 1.165) is 29.9 Å². The number of hydrogen-bond donors (Lipinski definition) is 0. The maximum atomic E-state index is 12.6. The molecule has 4 aromatic rings. The molecular weight excluding hydrogens is 396 g/mol. The molecule has 0 bridgehead atoms. The van der Waals surface area contributed by atoms with Gasteiger partial charge < -0.3 is 4.74 Å². The van der Waals surface area contributed by atoms with Crippen molar-refractivity contribution in [2.45, 2.75) is 32.3 Å². The van der Waals surface area contributed by atoms with Crippen LogP contribution >= 0.6 is 11.3 Å². The molecule has 0 aliphatic heterocycles. The van der Waals surface area contributed by atoms with Gasteiger partial charge in [0, 0.05) is 27.8 Å². The molecule has 0 N–H and O–H groups in total. The summed E-state index contributed by atoms with van der Waals surface area (Å²) in [6, 6.07) is 17.8. The van der Waals surface area contributed by atoms with Gasteiger partial charge in [-0.2, -0.15) is 0 Å². The van der Waals surface area contributed by atoms with E-state index in [0.29, 0.717) is 22.6 Å². The second-order valence-corrected chi connectivity index (χ2v) is 8.45. The largest absolute Gasteiger partial charge is 0.487 e. The van der Waals surface area contributed by atoms with E-state index in [4.69, 9.17) is 4.74 Å². The number of hydrogen-bond acceptors (Lipinski definition) is 5. The lowest BCUT2D eigenvalue weighted by atomic mass is 10.0. The third-order valence-corrected chi connectivity index (χ3v) is 6.50. The van der Waals surface area contributed by atoms with Gasteiger partial charge in [0.2, 0.25) is 0 Å². The number of nitrogens with zero attached hydrogens (tertiary/aromatic N) is 2. The third-order valence-electron chi connectivity index (χ3n) is 5.35. The SMILES string of the molecule is O=C(c1ccccc1)c1ccc(OCc2cc(=O)n3c4c(sc3n2)CCCC4)cc1. The standard InChI is InChI=1S/C24H20N2O3S/c27-22-14-18(25-24-26(22)20-8-4-5-9-21(20)30-24)15-29-19-12-10-17(11-13-19)23(28)16-6-2-1-3-7-16/h1-3,6-7,10-14H,4-5,8-9,15H2. The van der Waals surface area contributed by atoms with Crippen LogP contribution in [0, 0.1) is 0 Å². The van der Waals surface area contributed by atoms with Crippen LogP contribution in [0.15, 0.2) is 65.5 Å². The summed E-state index contributed by atoms with van der Waals surface area (Å²) in [5, 5.41) is 0. The molecule has 0 fully saturated rings. The van der Waals surface area contributed by atoms with Gasteiger partial charge in [0.05, 0.1) is 5.69 Å². The molecule has 0 amide bonds. The topological polar surface area (TPSA) is 60.7 Å². The lowest BCUT2D eigenvalue weighted by molar-refractivity contribution is 0.103. The average molecular weight is 417 g/mol. The monoisotopic (exact) mass is 416 g/mol. The Labute approximate surface area is 177 Å². The van der Waals surface area contributed by atoms with E-state index in [1.165, 1.54) is 11.3 Å². The molecule has 0 atom stereocenters. The van der Waals surface area contributed by atoms with Gasteiger partial charge in [0.15, 0.2) is 10.7 Å². The highest BCUT2D eigenvalue weighted by molar-refractivity contribution is 7.17. The number of carbonyl (C=O) groups excluding carboxylic acids is 1. The number of rotatable bonds is 5. The number of fused-ring (bicyclic) bond motifs is 3. The molecule has 2 heterocycles. The van der Waals surface area contributed by atoms with Crippen LogP contribution in [0.5, 0.6) is 5.75 Å². The van der Waals surface area contributed by atoms with Crippen molar-refractivity contribution in [1.82, 2.24) is 9.38 Å². The highest BCUT2D eigenvalue weighted by Crippen LogP contribution is 2.28. The number of aromatic nitrogens is 2. The van der Waals surface area contributed by atoms with E-state index in [1.807, 2.05) is 18.2 Å². The first kappa shape index (κ1) is 18.8. The number of thiazole rings is 1. The molecule has 0 unspecified atom stereocenters. The number of benzene rings is 2. The number of aryl methyl sites for hydroxylation is 2. The Morgan fingerprint density at radius 2 is 1.73 bits per heavy atom. The lowest BCUT2D eigenvalue weighted by Crippen LogP contribution is -2.18. The van der Waals surface area contributed by atoms with Gasteiger partial charge in [0.25, 0.3) is 5.56 Å². The smallest absolute Gasteiger partial charge is 0.259 e. The average Bonchev–Trinajstić information content (AvgIpc) is 3.17. The fraction of sp³-hybridized carbons (Fsp3) is 0.208. The van der Waals surface area contributed by atoms with Gasteiger partial charge >= 0.3 is 0 Å². The quantitative estimate of drug-likeness (QED) is 0.451. The van der Waals surface area contributed by atoms with Crippen molar-refractivity contribution in [3.63, 3.8) is 0 Å². The molecule has 1 aliphatic rings. The Hall–Kier alpha value is -3.25. The second-order valence-electron chi connectivity index (χ2n) is 7.39. The zero-order valence-electron chi connectivity index (χ0n) is 16.3. The highest BCUT2D eigenvalue weighted by Gasteiger charge is 2.18. The minimum absolute atomic E-state index is 0.0241. The number of ketones is 1. The van der Waals surface area contributed by atoms with Crippen LogP contribution in [0.25, 0.3) is 4.96 Å². The van der Waals surface area contributed by atoms with Crippen LogP contribution in [0.4, 0.5) is 0 Å². The summed E-state index contributed by atoms with van der Waals surface area (Å²) in [5.41, 5.74) is 2.97. The van der Waals surface area contributed by atoms with Crippen molar-refractivity contribution in [3.8, 4) is 5.75 Å².